The molecule has 2 heteroatoms. The molecule has 1 heterocycles. The molecule has 0 N–H and O–H groups in total. The lowest BCUT2D eigenvalue weighted by Crippen LogP contribution is -2.41. The fourth-order valence-corrected chi connectivity index (χ4v) is 3.00. The lowest BCUT2D eigenvalue weighted by Gasteiger charge is -2.36. The van der Waals surface area contributed by atoms with E-state index in [1.807, 2.05) is 0 Å². The first-order valence-electron chi connectivity index (χ1n) is 7.31. The second kappa shape index (κ2) is 5.29. The van der Waals surface area contributed by atoms with Crippen LogP contribution < -0.4 is 4.90 Å². The van der Waals surface area contributed by atoms with Crippen molar-refractivity contribution < 1.29 is 0 Å². The van der Waals surface area contributed by atoms with Crippen LogP contribution in [0.1, 0.15) is 18.1 Å². The summed E-state index contributed by atoms with van der Waals surface area (Å²) in [5.74, 6) is 0. The van der Waals surface area contributed by atoms with Gasteiger partial charge in [0.15, 0.2) is 0 Å². The van der Waals surface area contributed by atoms with Gasteiger partial charge in [-0.15, -0.1) is 0 Å². The van der Waals surface area contributed by atoms with Gasteiger partial charge in [0.2, 0.25) is 0 Å². The van der Waals surface area contributed by atoms with Gasteiger partial charge < -0.3 is 4.90 Å². The summed E-state index contributed by atoms with van der Waals surface area (Å²) in [5, 5.41) is 0. The first-order valence-corrected chi connectivity index (χ1v) is 7.31. The molecule has 0 amide bonds. The molecule has 3 rings (SSSR count). The van der Waals surface area contributed by atoms with Gasteiger partial charge in [0.25, 0.3) is 0 Å². The molecular weight excluding hydrogens is 244 g/mol. The summed E-state index contributed by atoms with van der Waals surface area (Å²) in [6.07, 6.45) is 1.47. The third-order valence-corrected chi connectivity index (χ3v) is 4.37. The maximum atomic E-state index is 2.47. The molecule has 0 aliphatic carbocycles. The quantitative estimate of drug-likeness (QED) is 0.770. The van der Waals surface area contributed by atoms with Crippen molar-refractivity contribution in [2.45, 2.75) is 26.4 Å². The van der Waals surface area contributed by atoms with E-state index in [4.69, 9.17) is 0 Å². The van der Waals surface area contributed by atoms with Gasteiger partial charge in [-0.3, -0.25) is 4.90 Å². The molecule has 0 fully saturated rings. The maximum absolute atomic E-state index is 2.47. The number of rotatable bonds is 1. The minimum Gasteiger partial charge on any atom is -0.325 e. The van der Waals surface area contributed by atoms with E-state index in [9.17, 15) is 0 Å². The smallest absolute Gasteiger partial charge is 0.0839 e. The molecule has 0 unspecified atom stereocenters. The maximum Gasteiger partial charge on any atom is 0.0839 e. The summed E-state index contributed by atoms with van der Waals surface area (Å²) >= 11 is 0. The van der Waals surface area contributed by atoms with Gasteiger partial charge in [-0.1, -0.05) is 36.4 Å². The summed E-state index contributed by atoms with van der Waals surface area (Å²) in [5.41, 5.74) is 5.41. The van der Waals surface area contributed by atoms with Crippen molar-refractivity contribution in [3.05, 3.63) is 59.7 Å². The molecule has 2 aromatic carbocycles. The molecule has 0 aromatic heterocycles. The van der Waals surface area contributed by atoms with Gasteiger partial charge in [0.05, 0.1) is 6.17 Å². The summed E-state index contributed by atoms with van der Waals surface area (Å²) in [6, 6.07) is 17.4. The van der Waals surface area contributed by atoms with E-state index in [0.29, 0.717) is 6.17 Å². The van der Waals surface area contributed by atoms with Crippen molar-refractivity contribution in [1.82, 2.24) is 4.90 Å². The highest BCUT2D eigenvalue weighted by molar-refractivity contribution is 5.70. The number of hydrogen-bond acceptors (Lipinski definition) is 2. The van der Waals surface area contributed by atoms with Crippen LogP contribution >= 0.6 is 0 Å². The molecule has 0 spiro atoms. The van der Waals surface area contributed by atoms with Crippen molar-refractivity contribution in [2.75, 3.05) is 18.5 Å². The molecule has 0 saturated heterocycles. The zero-order valence-corrected chi connectivity index (χ0v) is 12.5. The molecule has 1 aliphatic heterocycles. The van der Waals surface area contributed by atoms with Gasteiger partial charge >= 0.3 is 0 Å². The number of anilines is 2. The Morgan fingerprint density at radius 2 is 1.60 bits per heavy atom. The van der Waals surface area contributed by atoms with Crippen LogP contribution in [0.25, 0.3) is 0 Å². The Kier molecular flexibility index (Phi) is 3.49. The number of benzene rings is 2. The normalized spacial score (nSPS) is 19.6. The number of likely N-dealkylation sites (N-methyl/N-ethyl adjacent to an activating group) is 1. The van der Waals surface area contributed by atoms with Crippen LogP contribution in [0.4, 0.5) is 11.4 Å². The fourth-order valence-electron chi connectivity index (χ4n) is 3.00. The molecule has 104 valence electrons. The van der Waals surface area contributed by atoms with Crippen LogP contribution in [0.2, 0.25) is 0 Å². The van der Waals surface area contributed by atoms with Crippen molar-refractivity contribution in [3.63, 3.8) is 0 Å². The predicted octanol–water partition coefficient (Wildman–Crippen LogP) is 3.97. The number of fused-ring (bicyclic) bond motifs is 1. The molecule has 2 nitrogen and oxygen atoms in total. The number of hydrogen-bond donors (Lipinski definition) is 0. The highest BCUT2D eigenvalue weighted by Gasteiger charge is 2.26. The Balaban J connectivity index is 2.17. The van der Waals surface area contributed by atoms with Crippen molar-refractivity contribution in [3.8, 4) is 0 Å². The largest absolute Gasteiger partial charge is 0.325 e. The topological polar surface area (TPSA) is 6.48 Å². The molecular formula is C18H22N2. The van der Waals surface area contributed by atoms with E-state index in [1.165, 1.54) is 22.5 Å². The fraction of sp³-hybridized carbons (Fsp3) is 0.333. The monoisotopic (exact) mass is 266 g/mol. The Labute approximate surface area is 121 Å². The van der Waals surface area contributed by atoms with E-state index in [0.717, 1.165) is 13.0 Å². The van der Waals surface area contributed by atoms with Crippen molar-refractivity contribution in [1.29, 1.82) is 0 Å². The average Bonchev–Trinajstić information content (AvgIpc) is 2.59. The summed E-state index contributed by atoms with van der Waals surface area (Å²) in [7, 11) is 2.21. The Morgan fingerprint density at radius 1 is 0.950 bits per heavy atom. The SMILES string of the molecule is Cc1ccccc1N1c2ccccc2CCN(C)[C@@H]1C. The molecule has 2 aromatic rings. The average molecular weight is 266 g/mol. The first kappa shape index (κ1) is 13.2. The second-order valence-electron chi connectivity index (χ2n) is 5.65. The zero-order chi connectivity index (χ0) is 14.1. The standard InChI is InChI=1S/C18H22N2/c1-14-8-4-6-10-17(14)20-15(2)19(3)13-12-16-9-5-7-11-18(16)20/h4-11,15H,12-13H2,1-3H3/t15-/m0/s1. The van der Waals surface area contributed by atoms with E-state index >= 15 is 0 Å². The van der Waals surface area contributed by atoms with Gasteiger partial charge in [-0.25, -0.2) is 0 Å². The van der Waals surface area contributed by atoms with E-state index in [-0.39, 0.29) is 0 Å². The summed E-state index contributed by atoms with van der Waals surface area (Å²) in [4.78, 5) is 4.89. The number of nitrogens with zero attached hydrogens (tertiary/aromatic N) is 2. The first-order chi connectivity index (χ1) is 9.68. The predicted molar refractivity (Wildman–Crippen MR) is 85.6 cm³/mol. The van der Waals surface area contributed by atoms with E-state index in [2.05, 4.69) is 79.2 Å². The number of aryl methyl sites for hydroxylation is 1. The van der Waals surface area contributed by atoms with Crippen molar-refractivity contribution >= 4 is 11.4 Å². The summed E-state index contributed by atoms with van der Waals surface area (Å²) in [6.45, 7) is 5.57. The highest BCUT2D eigenvalue weighted by Crippen LogP contribution is 2.35. The van der Waals surface area contributed by atoms with Crippen LogP contribution in [0, 0.1) is 6.92 Å². The lowest BCUT2D eigenvalue weighted by atomic mass is 10.1. The Hall–Kier alpha value is -1.80. The Morgan fingerprint density at radius 3 is 2.35 bits per heavy atom. The van der Waals surface area contributed by atoms with Crippen LogP contribution in [0.5, 0.6) is 0 Å². The van der Waals surface area contributed by atoms with Gasteiger partial charge in [0.1, 0.15) is 0 Å². The zero-order valence-electron chi connectivity index (χ0n) is 12.5. The van der Waals surface area contributed by atoms with Crippen molar-refractivity contribution in [2.24, 2.45) is 0 Å². The second-order valence-corrected chi connectivity index (χ2v) is 5.65. The number of para-hydroxylation sites is 2. The van der Waals surface area contributed by atoms with Crippen LogP contribution in [-0.4, -0.2) is 24.7 Å². The van der Waals surface area contributed by atoms with Gasteiger partial charge in [-0.05, 0) is 50.6 Å². The van der Waals surface area contributed by atoms with Crippen LogP contribution in [0.15, 0.2) is 48.5 Å². The third-order valence-electron chi connectivity index (χ3n) is 4.37. The molecule has 1 aliphatic rings. The molecule has 1 atom stereocenters. The van der Waals surface area contributed by atoms with Gasteiger partial charge in [0, 0.05) is 17.9 Å². The molecule has 20 heavy (non-hydrogen) atoms. The van der Waals surface area contributed by atoms with E-state index in [1.54, 1.807) is 0 Å². The van der Waals surface area contributed by atoms with Crippen LogP contribution in [-0.2, 0) is 6.42 Å². The third kappa shape index (κ3) is 2.20. The molecule has 0 saturated carbocycles. The minimum atomic E-state index is 0.361. The molecule has 0 radical (unpaired) electrons. The minimum absolute atomic E-state index is 0.361. The van der Waals surface area contributed by atoms with Crippen LogP contribution in [0.3, 0.4) is 0 Å². The molecule has 0 bridgehead atoms. The Bertz CT molecular complexity index is 606. The lowest BCUT2D eigenvalue weighted by molar-refractivity contribution is 0.271. The van der Waals surface area contributed by atoms with E-state index < -0.39 is 0 Å². The summed E-state index contributed by atoms with van der Waals surface area (Å²) < 4.78 is 0. The highest BCUT2D eigenvalue weighted by atomic mass is 15.3. The van der Waals surface area contributed by atoms with Gasteiger partial charge in [-0.2, -0.15) is 0 Å².